The molecule has 0 aromatic carbocycles. The van der Waals surface area contributed by atoms with Crippen molar-refractivity contribution in [2.75, 3.05) is 17.2 Å². The Hall–Kier alpha value is -1.32. The number of aromatic nitrogens is 2. The molecule has 0 aliphatic heterocycles. The number of anilines is 2. The molecule has 1 heterocycles. The average Bonchev–Trinajstić information content (AvgIpc) is 2.32. The van der Waals surface area contributed by atoms with Crippen molar-refractivity contribution in [1.29, 1.82) is 0 Å². The molecule has 106 valence electrons. The fraction of sp³-hybridized carbons (Fsp3) is 0.733. The molecule has 1 aromatic heterocycles. The van der Waals surface area contributed by atoms with E-state index in [1.165, 1.54) is 19.3 Å². The lowest BCUT2D eigenvalue weighted by atomic mass is 9.80. The molecule has 0 radical (unpaired) electrons. The third kappa shape index (κ3) is 3.82. The molecule has 4 heteroatoms. The molecule has 0 spiro atoms. The summed E-state index contributed by atoms with van der Waals surface area (Å²) in [4.78, 5) is 8.92. The minimum atomic E-state index is 0.542. The van der Waals surface area contributed by atoms with Crippen LogP contribution < -0.4 is 10.6 Å². The Morgan fingerprint density at radius 3 is 2.74 bits per heavy atom. The van der Waals surface area contributed by atoms with Crippen LogP contribution in [0, 0.1) is 18.8 Å². The first-order valence-electron chi connectivity index (χ1n) is 7.44. The molecule has 1 aliphatic rings. The van der Waals surface area contributed by atoms with E-state index < -0.39 is 0 Å². The number of hydrogen-bond acceptors (Lipinski definition) is 4. The number of hydrogen-bond donors (Lipinski definition) is 2. The molecular weight excluding hydrogens is 236 g/mol. The summed E-state index contributed by atoms with van der Waals surface area (Å²) < 4.78 is 0. The second-order valence-electron chi connectivity index (χ2n) is 5.89. The van der Waals surface area contributed by atoms with Gasteiger partial charge in [-0.2, -0.15) is 4.98 Å². The van der Waals surface area contributed by atoms with Gasteiger partial charge < -0.3 is 10.6 Å². The molecule has 3 unspecified atom stereocenters. The van der Waals surface area contributed by atoms with Crippen molar-refractivity contribution in [3.63, 3.8) is 0 Å². The van der Waals surface area contributed by atoms with Gasteiger partial charge >= 0.3 is 0 Å². The molecule has 4 nitrogen and oxygen atoms in total. The van der Waals surface area contributed by atoms with Crippen LogP contribution in [0.4, 0.5) is 11.8 Å². The molecule has 1 aromatic rings. The predicted octanol–water partition coefficient (Wildman–Crippen LogP) is 3.45. The van der Waals surface area contributed by atoms with Gasteiger partial charge in [0, 0.05) is 24.3 Å². The summed E-state index contributed by atoms with van der Waals surface area (Å²) in [6.07, 6.45) is 3.86. The van der Waals surface area contributed by atoms with Gasteiger partial charge in [-0.25, -0.2) is 4.98 Å². The number of nitrogens with zero attached hydrogens (tertiary/aromatic N) is 2. The van der Waals surface area contributed by atoms with Gasteiger partial charge in [-0.15, -0.1) is 0 Å². The van der Waals surface area contributed by atoms with Gasteiger partial charge in [0.05, 0.1) is 0 Å². The van der Waals surface area contributed by atoms with E-state index >= 15 is 0 Å². The number of aryl methyl sites for hydroxylation is 1. The van der Waals surface area contributed by atoms with Gasteiger partial charge in [-0.05, 0) is 44.9 Å². The van der Waals surface area contributed by atoms with Gasteiger partial charge in [0.2, 0.25) is 5.95 Å². The summed E-state index contributed by atoms with van der Waals surface area (Å²) in [5.41, 5.74) is 1.00. The smallest absolute Gasteiger partial charge is 0.224 e. The lowest BCUT2D eigenvalue weighted by Crippen LogP contribution is -2.33. The van der Waals surface area contributed by atoms with Crippen LogP contribution in [-0.2, 0) is 0 Å². The average molecular weight is 262 g/mol. The summed E-state index contributed by atoms with van der Waals surface area (Å²) in [6.45, 7) is 9.61. The van der Waals surface area contributed by atoms with E-state index in [4.69, 9.17) is 0 Å². The third-order valence-electron chi connectivity index (χ3n) is 3.95. The Kier molecular flexibility index (Phi) is 4.61. The third-order valence-corrected chi connectivity index (χ3v) is 3.95. The van der Waals surface area contributed by atoms with Gasteiger partial charge in [-0.3, -0.25) is 0 Å². The fourth-order valence-corrected chi connectivity index (χ4v) is 2.95. The van der Waals surface area contributed by atoms with Gasteiger partial charge in [0.15, 0.2) is 0 Å². The molecule has 2 N–H and O–H groups in total. The zero-order valence-electron chi connectivity index (χ0n) is 12.5. The van der Waals surface area contributed by atoms with Gasteiger partial charge in [0.25, 0.3) is 0 Å². The van der Waals surface area contributed by atoms with Gasteiger partial charge in [-0.1, -0.05) is 13.8 Å². The summed E-state index contributed by atoms with van der Waals surface area (Å²) in [6, 6.07) is 2.57. The summed E-state index contributed by atoms with van der Waals surface area (Å²) >= 11 is 0. The summed E-state index contributed by atoms with van der Waals surface area (Å²) in [7, 11) is 0. The highest BCUT2D eigenvalue weighted by molar-refractivity contribution is 5.43. The number of rotatable bonds is 4. The van der Waals surface area contributed by atoms with E-state index in [0.29, 0.717) is 12.0 Å². The standard InChI is InChI=1S/C15H26N4/c1-5-16-15-17-12(4)9-14(19-15)18-13-7-6-10(2)8-11(13)3/h9-11,13H,5-8H2,1-4H3,(H2,16,17,18,19). The van der Waals surface area contributed by atoms with Crippen molar-refractivity contribution in [2.24, 2.45) is 11.8 Å². The number of nitrogens with one attached hydrogen (secondary N) is 2. The van der Waals surface area contributed by atoms with Crippen LogP contribution in [0.15, 0.2) is 6.07 Å². The minimum Gasteiger partial charge on any atom is -0.367 e. The van der Waals surface area contributed by atoms with E-state index in [1.807, 2.05) is 13.0 Å². The Morgan fingerprint density at radius 1 is 1.26 bits per heavy atom. The molecule has 2 rings (SSSR count). The molecule has 0 amide bonds. The maximum atomic E-state index is 4.54. The highest BCUT2D eigenvalue weighted by atomic mass is 15.1. The van der Waals surface area contributed by atoms with E-state index in [2.05, 4.69) is 41.4 Å². The van der Waals surface area contributed by atoms with Crippen LogP contribution in [-0.4, -0.2) is 22.6 Å². The van der Waals surface area contributed by atoms with Crippen LogP contribution in [0.2, 0.25) is 0 Å². The predicted molar refractivity (Wildman–Crippen MR) is 80.5 cm³/mol. The molecule has 1 fully saturated rings. The first-order chi connectivity index (χ1) is 9.08. The van der Waals surface area contributed by atoms with E-state index in [-0.39, 0.29) is 0 Å². The van der Waals surface area contributed by atoms with Crippen LogP contribution in [0.1, 0.15) is 45.7 Å². The maximum absolute atomic E-state index is 4.54. The zero-order valence-corrected chi connectivity index (χ0v) is 12.5. The molecule has 0 bridgehead atoms. The van der Waals surface area contributed by atoms with Crippen molar-refractivity contribution >= 4 is 11.8 Å². The highest BCUT2D eigenvalue weighted by Gasteiger charge is 2.25. The zero-order chi connectivity index (χ0) is 13.8. The molecule has 0 saturated heterocycles. The Labute approximate surface area is 116 Å². The lowest BCUT2D eigenvalue weighted by molar-refractivity contribution is 0.276. The van der Waals surface area contributed by atoms with Crippen molar-refractivity contribution < 1.29 is 0 Å². The van der Waals surface area contributed by atoms with Crippen LogP contribution in [0.3, 0.4) is 0 Å². The Balaban J connectivity index is 2.05. The normalized spacial score (nSPS) is 27.1. The first kappa shape index (κ1) is 14.1. The van der Waals surface area contributed by atoms with Crippen molar-refractivity contribution in [1.82, 2.24) is 9.97 Å². The summed E-state index contributed by atoms with van der Waals surface area (Å²) in [5.74, 6) is 3.25. The maximum Gasteiger partial charge on any atom is 0.224 e. The minimum absolute atomic E-state index is 0.542. The largest absolute Gasteiger partial charge is 0.367 e. The monoisotopic (exact) mass is 262 g/mol. The first-order valence-corrected chi connectivity index (χ1v) is 7.44. The highest BCUT2D eigenvalue weighted by Crippen LogP contribution is 2.30. The molecular formula is C15H26N4. The fourth-order valence-electron chi connectivity index (χ4n) is 2.95. The van der Waals surface area contributed by atoms with Crippen LogP contribution >= 0.6 is 0 Å². The van der Waals surface area contributed by atoms with Crippen LogP contribution in [0.25, 0.3) is 0 Å². The molecule has 1 aliphatic carbocycles. The molecule has 3 atom stereocenters. The van der Waals surface area contributed by atoms with E-state index in [9.17, 15) is 0 Å². The van der Waals surface area contributed by atoms with Crippen molar-refractivity contribution in [3.05, 3.63) is 11.8 Å². The topological polar surface area (TPSA) is 49.8 Å². The lowest BCUT2D eigenvalue weighted by Gasteiger charge is -2.33. The second kappa shape index (κ2) is 6.22. The van der Waals surface area contributed by atoms with Crippen molar-refractivity contribution in [2.45, 2.75) is 53.0 Å². The second-order valence-corrected chi connectivity index (χ2v) is 5.89. The summed E-state index contributed by atoms with van der Waals surface area (Å²) in [5, 5.41) is 6.78. The van der Waals surface area contributed by atoms with E-state index in [0.717, 1.165) is 29.9 Å². The van der Waals surface area contributed by atoms with Crippen molar-refractivity contribution in [3.8, 4) is 0 Å². The molecule has 19 heavy (non-hydrogen) atoms. The quantitative estimate of drug-likeness (QED) is 0.872. The van der Waals surface area contributed by atoms with E-state index in [1.54, 1.807) is 0 Å². The SMILES string of the molecule is CCNc1nc(C)cc(NC2CCC(C)CC2C)n1. The molecule has 1 saturated carbocycles. The van der Waals surface area contributed by atoms with Crippen LogP contribution in [0.5, 0.6) is 0 Å². The van der Waals surface area contributed by atoms with Gasteiger partial charge in [0.1, 0.15) is 5.82 Å². The Bertz CT molecular complexity index is 419. The Morgan fingerprint density at radius 2 is 2.05 bits per heavy atom.